The van der Waals surface area contributed by atoms with Crippen molar-refractivity contribution >= 4 is 23.3 Å². The van der Waals surface area contributed by atoms with Gasteiger partial charge in [-0.2, -0.15) is 0 Å². The van der Waals surface area contributed by atoms with E-state index in [-0.39, 0.29) is 11.9 Å². The first kappa shape index (κ1) is 20.5. The molecular formula is C28H23N3O2. The monoisotopic (exact) mass is 433 g/mol. The van der Waals surface area contributed by atoms with Crippen molar-refractivity contribution in [2.75, 3.05) is 10.6 Å². The first-order valence-electron chi connectivity index (χ1n) is 10.8. The number of hydrogen-bond acceptors (Lipinski definition) is 2. The van der Waals surface area contributed by atoms with Crippen LogP contribution < -0.4 is 16.0 Å². The van der Waals surface area contributed by atoms with Crippen LogP contribution in [0, 0.1) is 6.92 Å². The summed E-state index contributed by atoms with van der Waals surface area (Å²) in [5, 5.41) is 8.73. The Hall–Kier alpha value is -4.38. The minimum atomic E-state index is -0.306. The lowest BCUT2D eigenvalue weighted by Crippen LogP contribution is -2.19. The lowest BCUT2D eigenvalue weighted by molar-refractivity contribution is 0.0966. The number of rotatable bonds is 4. The van der Waals surface area contributed by atoms with Crippen molar-refractivity contribution in [3.05, 3.63) is 108 Å². The predicted octanol–water partition coefficient (Wildman–Crippen LogP) is 6.22. The van der Waals surface area contributed by atoms with Crippen LogP contribution in [0.2, 0.25) is 0 Å². The number of hydrogen-bond donors (Lipinski definition) is 3. The highest BCUT2D eigenvalue weighted by Gasteiger charge is 2.26. The van der Waals surface area contributed by atoms with Gasteiger partial charge in [0.2, 0.25) is 0 Å². The van der Waals surface area contributed by atoms with Crippen LogP contribution in [0.15, 0.2) is 91.0 Å². The second kappa shape index (κ2) is 8.63. The number of amides is 3. The maximum atomic E-state index is 12.7. The third-order valence-electron chi connectivity index (χ3n) is 5.76. The van der Waals surface area contributed by atoms with Crippen molar-refractivity contribution in [1.82, 2.24) is 5.32 Å². The molecule has 5 heteroatoms. The molecule has 0 saturated heterocycles. The van der Waals surface area contributed by atoms with E-state index in [9.17, 15) is 9.59 Å². The van der Waals surface area contributed by atoms with E-state index in [1.165, 1.54) is 0 Å². The molecule has 0 spiro atoms. The number of nitrogens with one attached hydrogen (secondary N) is 3. The number of aryl methyl sites for hydroxylation is 1. The van der Waals surface area contributed by atoms with Crippen molar-refractivity contribution in [2.24, 2.45) is 0 Å². The Bertz CT molecular complexity index is 1360. The van der Waals surface area contributed by atoms with Gasteiger partial charge in [-0.1, -0.05) is 66.7 Å². The minimum Gasteiger partial charge on any atom is -0.348 e. The number of fused-ring (bicyclic) bond motifs is 1. The first-order chi connectivity index (χ1) is 16.1. The lowest BCUT2D eigenvalue weighted by Gasteiger charge is -2.13. The van der Waals surface area contributed by atoms with Crippen molar-refractivity contribution in [3.8, 4) is 22.3 Å². The molecule has 162 valence electrons. The van der Waals surface area contributed by atoms with Crippen molar-refractivity contribution in [1.29, 1.82) is 0 Å². The number of carbonyl (C=O) groups excluding carboxylic acids is 2. The van der Waals surface area contributed by atoms with Crippen molar-refractivity contribution < 1.29 is 9.59 Å². The summed E-state index contributed by atoms with van der Waals surface area (Å²) in [4.78, 5) is 25.2. The van der Waals surface area contributed by atoms with Gasteiger partial charge in [0.1, 0.15) is 0 Å². The largest absolute Gasteiger partial charge is 0.348 e. The molecule has 4 aromatic rings. The van der Waals surface area contributed by atoms with Crippen molar-refractivity contribution in [2.45, 2.75) is 13.5 Å². The van der Waals surface area contributed by atoms with E-state index in [0.29, 0.717) is 17.8 Å². The second-order valence-corrected chi connectivity index (χ2v) is 8.09. The Morgan fingerprint density at radius 3 is 2.18 bits per heavy atom. The maximum Gasteiger partial charge on any atom is 0.323 e. The Balaban J connectivity index is 1.44. The Kier molecular flexibility index (Phi) is 5.37. The molecule has 0 unspecified atom stereocenters. The molecule has 0 bridgehead atoms. The summed E-state index contributed by atoms with van der Waals surface area (Å²) in [6, 6.07) is 29.0. The zero-order valence-corrected chi connectivity index (χ0v) is 18.2. The highest BCUT2D eigenvalue weighted by molar-refractivity contribution is 6.07. The average Bonchev–Trinajstić information content (AvgIpc) is 3.21. The third-order valence-corrected chi connectivity index (χ3v) is 5.76. The normalized spacial score (nSPS) is 12.1. The van der Waals surface area contributed by atoms with E-state index >= 15 is 0 Å². The standard InChI is InChI=1S/C28H23N3O2/c1-18-7-5-11-21(15-18)30-28(33)31-22-12-6-10-20(16-22)23-13-14-24(19-8-3-2-4-9-19)26-25(23)17-29-27(26)32/h2-16H,17H2,1H3,(H,29,32)(H2,30,31,33). The Labute approximate surface area is 192 Å². The predicted molar refractivity (Wildman–Crippen MR) is 132 cm³/mol. The molecule has 0 aromatic heterocycles. The SMILES string of the molecule is Cc1cccc(NC(=O)Nc2cccc(-c3ccc(-c4ccccc4)c4c3CNC4=O)c2)c1. The van der Waals surface area contributed by atoms with Gasteiger partial charge in [-0.05, 0) is 64.6 Å². The zero-order chi connectivity index (χ0) is 22.8. The summed E-state index contributed by atoms with van der Waals surface area (Å²) >= 11 is 0. The minimum absolute atomic E-state index is 0.0579. The van der Waals surface area contributed by atoms with Gasteiger partial charge in [-0.15, -0.1) is 0 Å². The summed E-state index contributed by atoms with van der Waals surface area (Å²) in [6.45, 7) is 2.46. The number of urea groups is 1. The van der Waals surface area contributed by atoms with Gasteiger partial charge in [0.05, 0.1) is 5.56 Å². The lowest BCUT2D eigenvalue weighted by atomic mass is 9.90. The van der Waals surface area contributed by atoms with Crippen LogP contribution in [0.1, 0.15) is 21.5 Å². The smallest absolute Gasteiger partial charge is 0.323 e. The van der Waals surface area contributed by atoms with E-state index in [0.717, 1.165) is 39.1 Å². The maximum absolute atomic E-state index is 12.7. The highest BCUT2D eigenvalue weighted by atomic mass is 16.2. The summed E-state index contributed by atoms with van der Waals surface area (Å²) < 4.78 is 0. The van der Waals surface area contributed by atoms with Crippen LogP contribution in [0.3, 0.4) is 0 Å². The Morgan fingerprint density at radius 1 is 0.758 bits per heavy atom. The van der Waals surface area contributed by atoms with Gasteiger partial charge in [0.15, 0.2) is 0 Å². The summed E-state index contributed by atoms with van der Waals surface area (Å²) in [7, 11) is 0. The fourth-order valence-corrected chi connectivity index (χ4v) is 4.26. The molecule has 0 fully saturated rings. The quantitative estimate of drug-likeness (QED) is 0.358. The first-order valence-corrected chi connectivity index (χ1v) is 10.8. The van der Waals surface area contributed by atoms with Gasteiger partial charge in [0, 0.05) is 17.9 Å². The fourth-order valence-electron chi connectivity index (χ4n) is 4.26. The highest BCUT2D eigenvalue weighted by Crippen LogP contribution is 2.36. The molecule has 33 heavy (non-hydrogen) atoms. The van der Waals surface area contributed by atoms with Gasteiger partial charge < -0.3 is 16.0 Å². The van der Waals surface area contributed by atoms with Crippen LogP contribution in [-0.2, 0) is 6.54 Å². The molecule has 3 amide bonds. The molecule has 5 nitrogen and oxygen atoms in total. The second-order valence-electron chi connectivity index (χ2n) is 8.09. The van der Waals surface area contributed by atoms with E-state index in [1.807, 2.05) is 97.9 Å². The third kappa shape index (κ3) is 4.21. The van der Waals surface area contributed by atoms with E-state index < -0.39 is 0 Å². The zero-order valence-electron chi connectivity index (χ0n) is 18.2. The van der Waals surface area contributed by atoms with Crippen LogP contribution in [0.25, 0.3) is 22.3 Å². The summed E-state index contributed by atoms with van der Waals surface area (Å²) in [5.41, 5.74) is 8.04. The number of anilines is 2. The number of benzene rings is 4. The summed E-state index contributed by atoms with van der Waals surface area (Å²) in [5.74, 6) is -0.0579. The van der Waals surface area contributed by atoms with Crippen LogP contribution in [0.5, 0.6) is 0 Å². The average molecular weight is 434 g/mol. The van der Waals surface area contributed by atoms with Gasteiger partial charge in [-0.3, -0.25) is 4.79 Å². The molecule has 3 N–H and O–H groups in total. The summed E-state index contributed by atoms with van der Waals surface area (Å²) in [6.07, 6.45) is 0. The van der Waals surface area contributed by atoms with Crippen molar-refractivity contribution in [3.63, 3.8) is 0 Å². The molecule has 0 aliphatic carbocycles. The Morgan fingerprint density at radius 2 is 1.42 bits per heavy atom. The van der Waals surface area contributed by atoms with Gasteiger partial charge in [0.25, 0.3) is 5.91 Å². The molecule has 4 aromatic carbocycles. The van der Waals surface area contributed by atoms with Gasteiger partial charge >= 0.3 is 6.03 Å². The van der Waals surface area contributed by atoms with Crippen LogP contribution >= 0.6 is 0 Å². The van der Waals surface area contributed by atoms with E-state index in [1.54, 1.807) is 0 Å². The molecule has 1 aliphatic heterocycles. The van der Waals surface area contributed by atoms with Crippen LogP contribution in [-0.4, -0.2) is 11.9 Å². The molecule has 5 rings (SSSR count). The molecular weight excluding hydrogens is 410 g/mol. The van der Waals surface area contributed by atoms with Crippen LogP contribution in [0.4, 0.5) is 16.2 Å². The molecule has 1 heterocycles. The molecule has 0 atom stereocenters. The fraction of sp³-hybridized carbons (Fsp3) is 0.0714. The topological polar surface area (TPSA) is 70.2 Å². The molecule has 0 radical (unpaired) electrons. The van der Waals surface area contributed by atoms with E-state index in [2.05, 4.69) is 16.0 Å². The van der Waals surface area contributed by atoms with Gasteiger partial charge in [-0.25, -0.2) is 4.79 Å². The molecule has 1 aliphatic rings. The van der Waals surface area contributed by atoms with E-state index in [4.69, 9.17) is 0 Å². The molecule has 0 saturated carbocycles. The number of carbonyl (C=O) groups is 2.